The van der Waals surface area contributed by atoms with Gasteiger partial charge in [-0.1, -0.05) is 11.6 Å². The van der Waals surface area contributed by atoms with Crippen molar-refractivity contribution in [2.45, 2.75) is 32.9 Å². The first-order valence-corrected chi connectivity index (χ1v) is 7.20. The van der Waals surface area contributed by atoms with Crippen LogP contribution >= 0.6 is 22.9 Å². The minimum atomic E-state index is 0.233. The highest BCUT2D eigenvalue weighted by Crippen LogP contribution is 2.27. The van der Waals surface area contributed by atoms with Crippen LogP contribution in [0.3, 0.4) is 0 Å². The summed E-state index contributed by atoms with van der Waals surface area (Å²) in [6, 6.07) is 0.233. The highest BCUT2D eigenvalue weighted by atomic mass is 35.5. The number of rotatable bonds is 5. The van der Waals surface area contributed by atoms with Gasteiger partial charge in [0.05, 0.1) is 21.9 Å². The number of hydrogen-bond donors (Lipinski definition) is 1. The lowest BCUT2D eigenvalue weighted by Crippen LogP contribution is -2.19. The maximum atomic E-state index is 6.33. The van der Waals surface area contributed by atoms with Gasteiger partial charge in [0.25, 0.3) is 0 Å². The quantitative estimate of drug-likeness (QED) is 0.918. The molecule has 2 aromatic heterocycles. The first-order chi connectivity index (χ1) is 8.67. The van der Waals surface area contributed by atoms with E-state index in [-0.39, 0.29) is 6.04 Å². The molecule has 0 aliphatic rings. The van der Waals surface area contributed by atoms with E-state index >= 15 is 0 Å². The van der Waals surface area contributed by atoms with E-state index in [2.05, 4.69) is 22.3 Å². The highest BCUT2D eigenvalue weighted by Gasteiger charge is 2.19. The molecule has 0 aromatic carbocycles. The van der Waals surface area contributed by atoms with E-state index in [0.717, 1.165) is 29.4 Å². The van der Waals surface area contributed by atoms with E-state index in [1.54, 1.807) is 11.3 Å². The Kier molecular flexibility index (Phi) is 4.37. The summed E-state index contributed by atoms with van der Waals surface area (Å²) >= 11 is 7.99. The van der Waals surface area contributed by atoms with E-state index in [4.69, 9.17) is 11.6 Å². The number of thiazole rings is 1. The lowest BCUT2D eigenvalue weighted by atomic mass is 10.1. The van der Waals surface area contributed by atoms with Gasteiger partial charge in [0.15, 0.2) is 0 Å². The van der Waals surface area contributed by atoms with Gasteiger partial charge >= 0.3 is 0 Å². The fourth-order valence-electron chi connectivity index (χ4n) is 2.00. The molecule has 2 aromatic rings. The number of hydrogen-bond acceptors (Lipinski definition) is 4. The van der Waals surface area contributed by atoms with E-state index in [1.165, 1.54) is 4.88 Å². The second kappa shape index (κ2) is 5.82. The molecule has 0 fully saturated rings. The molecule has 0 saturated carbocycles. The van der Waals surface area contributed by atoms with Crippen molar-refractivity contribution in [3.05, 3.63) is 33.0 Å². The lowest BCUT2D eigenvalue weighted by molar-refractivity contribution is 0.546. The Labute approximate surface area is 116 Å². The van der Waals surface area contributed by atoms with Gasteiger partial charge in [0.2, 0.25) is 0 Å². The number of aryl methyl sites for hydroxylation is 2. The van der Waals surface area contributed by atoms with Gasteiger partial charge in [0, 0.05) is 30.1 Å². The van der Waals surface area contributed by atoms with Crippen LogP contribution in [0.25, 0.3) is 0 Å². The number of likely N-dealkylation sites (N-methyl/N-ethyl adjacent to an activating group) is 1. The molecule has 0 radical (unpaired) electrons. The first kappa shape index (κ1) is 13.5. The van der Waals surface area contributed by atoms with Crippen LogP contribution in [0.2, 0.25) is 5.02 Å². The molecule has 0 amide bonds. The largest absolute Gasteiger partial charge is 0.312 e. The summed E-state index contributed by atoms with van der Waals surface area (Å²) < 4.78 is 1.98. The smallest absolute Gasteiger partial charge is 0.0847 e. The third kappa shape index (κ3) is 2.58. The van der Waals surface area contributed by atoms with Gasteiger partial charge in [-0.25, -0.2) is 0 Å². The summed E-state index contributed by atoms with van der Waals surface area (Å²) in [5.74, 6) is 0. The number of nitrogens with zero attached hydrogens (tertiary/aromatic N) is 3. The molecule has 1 N–H and O–H groups in total. The van der Waals surface area contributed by atoms with Crippen molar-refractivity contribution in [1.82, 2.24) is 20.1 Å². The van der Waals surface area contributed by atoms with Crippen molar-refractivity contribution in [2.24, 2.45) is 0 Å². The molecule has 2 heterocycles. The lowest BCUT2D eigenvalue weighted by Gasteiger charge is -2.15. The fraction of sp³-hybridized carbons (Fsp3) is 0.500. The molecule has 4 nitrogen and oxygen atoms in total. The van der Waals surface area contributed by atoms with Crippen LogP contribution < -0.4 is 5.32 Å². The van der Waals surface area contributed by atoms with Gasteiger partial charge < -0.3 is 5.32 Å². The summed E-state index contributed by atoms with van der Waals surface area (Å²) in [6.07, 6.45) is 2.73. The standard InChI is InChI=1S/C12H17ClN4S/c1-4-17-10(12(13)8(2)16-17)5-9(14-3)11-6-15-7-18-11/h6-7,9,14H,4-5H2,1-3H3. The van der Waals surface area contributed by atoms with Crippen molar-refractivity contribution >= 4 is 22.9 Å². The minimum Gasteiger partial charge on any atom is -0.312 e. The molecular formula is C12H17ClN4S. The van der Waals surface area contributed by atoms with Gasteiger partial charge in [-0.15, -0.1) is 11.3 Å². The Hall–Kier alpha value is -0.910. The van der Waals surface area contributed by atoms with Crippen molar-refractivity contribution in [3.8, 4) is 0 Å². The normalized spacial score (nSPS) is 12.9. The molecular weight excluding hydrogens is 268 g/mol. The summed E-state index contributed by atoms with van der Waals surface area (Å²) in [5.41, 5.74) is 3.83. The summed E-state index contributed by atoms with van der Waals surface area (Å²) in [7, 11) is 1.96. The topological polar surface area (TPSA) is 42.7 Å². The van der Waals surface area contributed by atoms with Crippen molar-refractivity contribution in [1.29, 1.82) is 0 Å². The second-order valence-electron chi connectivity index (χ2n) is 4.11. The minimum absolute atomic E-state index is 0.233. The molecule has 98 valence electrons. The molecule has 1 unspecified atom stereocenters. The van der Waals surface area contributed by atoms with Crippen LogP contribution in [-0.2, 0) is 13.0 Å². The van der Waals surface area contributed by atoms with Gasteiger partial charge in [-0.3, -0.25) is 9.67 Å². The van der Waals surface area contributed by atoms with Crippen LogP contribution in [0.5, 0.6) is 0 Å². The zero-order valence-corrected chi connectivity index (χ0v) is 12.3. The SMILES string of the molecule is CCn1nc(C)c(Cl)c1CC(NC)c1cncs1. The molecule has 6 heteroatoms. The van der Waals surface area contributed by atoms with E-state index in [9.17, 15) is 0 Å². The predicted octanol–water partition coefficient (Wildman–Crippen LogP) is 2.82. The summed E-state index contributed by atoms with van der Waals surface area (Å²) in [5, 5.41) is 8.53. The third-order valence-corrected chi connectivity index (χ3v) is 4.37. The Morgan fingerprint density at radius 1 is 1.56 bits per heavy atom. The molecule has 0 bridgehead atoms. The van der Waals surface area contributed by atoms with Crippen LogP contribution in [0.4, 0.5) is 0 Å². The highest BCUT2D eigenvalue weighted by molar-refractivity contribution is 7.09. The number of aromatic nitrogens is 3. The zero-order chi connectivity index (χ0) is 13.1. The van der Waals surface area contributed by atoms with Gasteiger partial charge in [-0.2, -0.15) is 5.10 Å². The zero-order valence-electron chi connectivity index (χ0n) is 10.8. The second-order valence-corrected chi connectivity index (χ2v) is 5.41. The van der Waals surface area contributed by atoms with Crippen molar-refractivity contribution < 1.29 is 0 Å². The van der Waals surface area contributed by atoms with E-state index in [0.29, 0.717) is 0 Å². The molecule has 0 aliphatic carbocycles. The molecule has 1 atom stereocenters. The maximum Gasteiger partial charge on any atom is 0.0847 e. The van der Waals surface area contributed by atoms with Crippen LogP contribution in [-0.4, -0.2) is 21.8 Å². The average Bonchev–Trinajstić information content (AvgIpc) is 2.98. The van der Waals surface area contributed by atoms with Gasteiger partial charge in [-0.05, 0) is 20.9 Å². The van der Waals surface area contributed by atoms with E-state index in [1.807, 2.05) is 30.4 Å². The molecule has 18 heavy (non-hydrogen) atoms. The van der Waals surface area contributed by atoms with Crippen LogP contribution in [0, 0.1) is 6.92 Å². The molecule has 0 aliphatic heterocycles. The molecule has 2 rings (SSSR count). The third-order valence-electron chi connectivity index (χ3n) is 2.99. The van der Waals surface area contributed by atoms with E-state index < -0.39 is 0 Å². The Morgan fingerprint density at radius 2 is 2.33 bits per heavy atom. The van der Waals surface area contributed by atoms with Crippen LogP contribution in [0.1, 0.15) is 29.2 Å². The Morgan fingerprint density at radius 3 is 2.89 bits per heavy atom. The monoisotopic (exact) mass is 284 g/mol. The summed E-state index contributed by atoms with van der Waals surface area (Å²) in [4.78, 5) is 5.34. The average molecular weight is 285 g/mol. The van der Waals surface area contributed by atoms with Gasteiger partial charge in [0.1, 0.15) is 0 Å². The Bertz CT molecular complexity index is 506. The van der Waals surface area contributed by atoms with Crippen molar-refractivity contribution in [2.75, 3.05) is 7.05 Å². The summed E-state index contributed by atoms with van der Waals surface area (Å²) in [6.45, 7) is 4.86. The maximum absolute atomic E-state index is 6.33. The number of halogens is 1. The molecule has 0 saturated heterocycles. The Balaban J connectivity index is 2.27. The van der Waals surface area contributed by atoms with Crippen molar-refractivity contribution in [3.63, 3.8) is 0 Å². The number of nitrogens with one attached hydrogen (secondary N) is 1. The first-order valence-electron chi connectivity index (χ1n) is 5.94. The predicted molar refractivity (Wildman–Crippen MR) is 75.3 cm³/mol. The molecule has 0 spiro atoms. The van der Waals surface area contributed by atoms with Crippen LogP contribution in [0.15, 0.2) is 11.7 Å². The fourth-order valence-corrected chi connectivity index (χ4v) is 2.94.